The molecule has 0 radical (unpaired) electrons. The first-order valence-corrected chi connectivity index (χ1v) is 8.83. The van der Waals surface area contributed by atoms with Crippen LogP contribution < -0.4 is 4.74 Å². The number of halogens is 1. The van der Waals surface area contributed by atoms with E-state index in [1.165, 1.54) is 24.5 Å². The van der Waals surface area contributed by atoms with Gasteiger partial charge in [0.2, 0.25) is 0 Å². The topological polar surface area (TPSA) is 100 Å². The van der Waals surface area contributed by atoms with Gasteiger partial charge in [0.1, 0.15) is 12.1 Å². The zero-order valence-electron chi connectivity index (χ0n) is 13.3. The molecule has 0 aliphatic heterocycles. The van der Waals surface area contributed by atoms with Crippen molar-refractivity contribution in [1.82, 2.24) is 14.8 Å². The fraction of sp³-hybridized carbons (Fsp3) is 0.0625. The minimum atomic E-state index is -0.685. The van der Waals surface area contributed by atoms with Crippen LogP contribution in [0.3, 0.4) is 0 Å². The molecule has 1 aromatic heterocycles. The first-order valence-electron chi connectivity index (χ1n) is 7.22. The molecule has 0 aliphatic carbocycles. The predicted octanol–water partition coefficient (Wildman–Crippen LogP) is 3.86. The third kappa shape index (κ3) is 3.92. The van der Waals surface area contributed by atoms with Crippen LogP contribution in [-0.2, 0) is 7.05 Å². The maximum Gasteiger partial charge on any atom is 0.343 e. The fourth-order valence-electron chi connectivity index (χ4n) is 2.02. The van der Waals surface area contributed by atoms with Crippen molar-refractivity contribution in [1.29, 1.82) is 0 Å². The molecule has 132 valence electrons. The molecule has 2 aromatic carbocycles. The van der Waals surface area contributed by atoms with Gasteiger partial charge in [-0.25, -0.2) is 4.79 Å². The number of carbonyl (C=O) groups is 1. The molecule has 0 spiro atoms. The molecule has 3 aromatic rings. The van der Waals surface area contributed by atoms with Gasteiger partial charge in [0, 0.05) is 13.1 Å². The van der Waals surface area contributed by atoms with E-state index in [-0.39, 0.29) is 11.3 Å². The second kappa shape index (κ2) is 7.67. The number of carbonyl (C=O) groups excluding carboxylic acids is 1. The molecule has 0 aliphatic rings. The predicted molar refractivity (Wildman–Crippen MR) is 97.3 cm³/mol. The highest BCUT2D eigenvalue weighted by Gasteiger charge is 2.21. The Morgan fingerprint density at radius 1 is 1.31 bits per heavy atom. The standard InChI is InChI=1S/C16H11BrN4O4S/c1-20-9-18-19-16(20)26-14-7-6-10(8-12(14)21(23)24)15(22)25-13-5-3-2-4-11(13)17/h2-9H,1H3. The van der Waals surface area contributed by atoms with Crippen LogP contribution in [0.2, 0.25) is 0 Å². The summed E-state index contributed by atoms with van der Waals surface area (Å²) in [6.45, 7) is 0. The number of aryl methyl sites for hydroxylation is 1. The molecule has 0 amide bonds. The number of esters is 1. The smallest absolute Gasteiger partial charge is 0.343 e. The van der Waals surface area contributed by atoms with E-state index >= 15 is 0 Å². The van der Waals surface area contributed by atoms with Gasteiger partial charge in [0.25, 0.3) is 5.69 Å². The normalized spacial score (nSPS) is 10.5. The number of hydrogen-bond acceptors (Lipinski definition) is 7. The molecule has 0 saturated carbocycles. The van der Waals surface area contributed by atoms with Crippen LogP contribution in [0, 0.1) is 10.1 Å². The van der Waals surface area contributed by atoms with Gasteiger partial charge in [-0.05, 0) is 52.0 Å². The van der Waals surface area contributed by atoms with Crippen molar-refractivity contribution in [3.63, 3.8) is 0 Å². The lowest BCUT2D eigenvalue weighted by molar-refractivity contribution is -0.387. The number of para-hydroxylation sites is 1. The van der Waals surface area contributed by atoms with Gasteiger partial charge in [0.05, 0.1) is 19.9 Å². The fourth-order valence-corrected chi connectivity index (χ4v) is 3.24. The van der Waals surface area contributed by atoms with Crippen molar-refractivity contribution >= 4 is 39.3 Å². The van der Waals surface area contributed by atoms with Crippen LogP contribution in [0.4, 0.5) is 5.69 Å². The first-order chi connectivity index (χ1) is 12.5. The molecule has 10 heteroatoms. The molecule has 0 N–H and O–H groups in total. The van der Waals surface area contributed by atoms with Crippen molar-refractivity contribution in [2.45, 2.75) is 10.1 Å². The first kappa shape index (κ1) is 18.1. The van der Waals surface area contributed by atoms with Crippen molar-refractivity contribution < 1.29 is 14.5 Å². The quantitative estimate of drug-likeness (QED) is 0.260. The van der Waals surface area contributed by atoms with Crippen LogP contribution >= 0.6 is 27.7 Å². The van der Waals surface area contributed by atoms with Crippen LogP contribution in [0.1, 0.15) is 10.4 Å². The Morgan fingerprint density at radius 3 is 2.73 bits per heavy atom. The largest absolute Gasteiger partial charge is 0.422 e. The van der Waals surface area contributed by atoms with E-state index in [0.717, 1.165) is 11.8 Å². The van der Waals surface area contributed by atoms with Gasteiger partial charge in [-0.2, -0.15) is 0 Å². The summed E-state index contributed by atoms with van der Waals surface area (Å²) in [7, 11) is 1.73. The second-order valence-electron chi connectivity index (χ2n) is 5.09. The molecule has 0 fully saturated rings. The lowest BCUT2D eigenvalue weighted by Gasteiger charge is -2.07. The van der Waals surface area contributed by atoms with Crippen LogP contribution in [0.25, 0.3) is 0 Å². The average Bonchev–Trinajstić information content (AvgIpc) is 3.02. The average molecular weight is 435 g/mol. The second-order valence-corrected chi connectivity index (χ2v) is 6.95. The zero-order chi connectivity index (χ0) is 18.7. The van der Waals surface area contributed by atoms with E-state index in [1.54, 1.807) is 35.9 Å². The maximum absolute atomic E-state index is 12.3. The number of nitrogens with zero attached hydrogens (tertiary/aromatic N) is 4. The minimum Gasteiger partial charge on any atom is -0.422 e. The van der Waals surface area contributed by atoms with Gasteiger partial charge in [-0.1, -0.05) is 12.1 Å². The van der Waals surface area contributed by atoms with Crippen molar-refractivity contribution in [3.05, 3.63) is 68.9 Å². The Balaban J connectivity index is 1.88. The number of ether oxygens (including phenoxy) is 1. The van der Waals surface area contributed by atoms with E-state index in [1.807, 2.05) is 0 Å². The van der Waals surface area contributed by atoms with E-state index in [4.69, 9.17) is 4.74 Å². The summed E-state index contributed by atoms with van der Waals surface area (Å²) in [5, 5.41) is 19.5. The summed E-state index contributed by atoms with van der Waals surface area (Å²) in [6, 6.07) is 11.0. The third-order valence-electron chi connectivity index (χ3n) is 3.30. The number of aromatic nitrogens is 3. The van der Waals surface area contributed by atoms with Gasteiger partial charge in [-0.3, -0.25) is 10.1 Å². The van der Waals surface area contributed by atoms with Gasteiger partial charge < -0.3 is 9.30 Å². The summed E-state index contributed by atoms with van der Waals surface area (Å²) in [4.78, 5) is 23.5. The summed E-state index contributed by atoms with van der Waals surface area (Å²) < 4.78 is 7.54. The Bertz CT molecular complexity index is 992. The third-order valence-corrected chi connectivity index (χ3v) is 5.07. The number of rotatable bonds is 5. The molecular formula is C16H11BrN4O4S. The number of benzene rings is 2. The highest BCUT2D eigenvalue weighted by molar-refractivity contribution is 9.10. The molecule has 3 rings (SSSR count). The Morgan fingerprint density at radius 2 is 2.08 bits per heavy atom. The summed E-state index contributed by atoms with van der Waals surface area (Å²) >= 11 is 4.37. The van der Waals surface area contributed by atoms with Crippen LogP contribution in [0.15, 0.2) is 63.3 Å². The minimum absolute atomic E-state index is 0.0785. The van der Waals surface area contributed by atoms with Gasteiger partial charge >= 0.3 is 5.97 Å². The zero-order valence-corrected chi connectivity index (χ0v) is 15.7. The lowest BCUT2D eigenvalue weighted by atomic mass is 10.2. The van der Waals surface area contributed by atoms with E-state index in [2.05, 4.69) is 26.1 Å². The SMILES string of the molecule is Cn1cnnc1Sc1ccc(C(=O)Oc2ccccc2Br)cc1[N+](=O)[O-]. The number of nitro groups is 1. The molecule has 0 atom stereocenters. The number of nitro benzene ring substituents is 1. The molecule has 0 unspecified atom stereocenters. The van der Waals surface area contributed by atoms with E-state index < -0.39 is 10.9 Å². The Labute approximate surface area is 160 Å². The maximum atomic E-state index is 12.3. The molecule has 8 nitrogen and oxygen atoms in total. The van der Waals surface area contributed by atoms with Gasteiger partial charge in [-0.15, -0.1) is 10.2 Å². The summed E-state index contributed by atoms with van der Waals surface area (Å²) in [6.07, 6.45) is 1.50. The Hall–Kier alpha value is -2.72. The van der Waals surface area contributed by atoms with E-state index in [9.17, 15) is 14.9 Å². The Kier molecular flexibility index (Phi) is 5.33. The molecule has 1 heterocycles. The van der Waals surface area contributed by atoms with Crippen molar-refractivity contribution in [2.75, 3.05) is 0 Å². The summed E-state index contributed by atoms with van der Waals surface area (Å²) in [5.74, 6) is -0.354. The molecular weight excluding hydrogens is 424 g/mol. The van der Waals surface area contributed by atoms with Crippen LogP contribution in [-0.4, -0.2) is 25.7 Å². The highest BCUT2D eigenvalue weighted by atomic mass is 79.9. The van der Waals surface area contributed by atoms with Crippen molar-refractivity contribution in [2.24, 2.45) is 7.05 Å². The van der Waals surface area contributed by atoms with Crippen molar-refractivity contribution in [3.8, 4) is 5.75 Å². The lowest BCUT2D eigenvalue weighted by Crippen LogP contribution is -2.09. The van der Waals surface area contributed by atoms with Gasteiger partial charge in [0.15, 0.2) is 5.16 Å². The van der Waals surface area contributed by atoms with E-state index in [0.29, 0.717) is 20.3 Å². The number of hydrogen-bond donors (Lipinski definition) is 0. The molecule has 26 heavy (non-hydrogen) atoms. The summed E-state index contributed by atoms with van der Waals surface area (Å²) in [5.41, 5.74) is -0.130. The molecule has 0 bridgehead atoms. The highest BCUT2D eigenvalue weighted by Crippen LogP contribution is 2.34. The monoisotopic (exact) mass is 434 g/mol. The molecule has 0 saturated heterocycles. The van der Waals surface area contributed by atoms with Crippen LogP contribution in [0.5, 0.6) is 5.75 Å².